The highest BCUT2D eigenvalue weighted by molar-refractivity contribution is 6.00. The number of nitrogens with zero attached hydrogens (tertiary/aromatic N) is 2. The van der Waals surface area contributed by atoms with Gasteiger partial charge in [0.1, 0.15) is 6.54 Å². The number of hydrogen-bond acceptors (Lipinski definition) is 4. The van der Waals surface area contributed by atoms with E-state index < -0.39 is 0 Å². The van der Waals surface area contributed by atoms with Gasteiger partial charge in [0.2, 0.25) is 5.91 Å². The molecule has 0 saturated carbocycles. The van der Waals surface area contributed by atoms with Gasteiger partial charge in [0.05, 0.1) is 19.2 Å². The first-order chi connectivity index (χ1) is 14.1. The molecular weight excluding hydrogens is 366 g/mol. The van der Waals surface area contributed by atoms with Gasteiger partial charge in [-0.1, -0.05) is 49.4 Å². The van der Waals surface area contributed by atoms with Crippen LogP contribution in [0.25, 0.3) is 10.9 Å². The number of ether oxygens (including phenoxy) is 1. The Morgan fingerprint density at radius 2 is 1.79 bits per heavy atom. The molecule has 1 heterocycles. The van der Waals surface area contributed by atoms with Crippen LogP contribution >= 0.6 is 0 Å². The topological polar surface area (TPSA) is 72.7 Å². The zero-order valence-corrected chi connectivity index (χ0v) is 16.7. The predicted octanol–water partition coefficient (Wildman–Crippen LogP) is 3.46. The summed E-state index contributed by atoms with van der Waals surface area (Å²) in [5, 5.41) is 5.05. The standard InChI is InChI=1S/C23H25N3O3/c1-3-17-9-11-18(12-10-17)13-22(27)25-24-14-19-15-26(16-23(28)29-4-2)21-8-6-5-7-20(19)21/h5-12,14-15H,3-4,13,16H2,1-2H3,(H,25,27)/b24-14-. The van der Waals surface area contributed by atoms with Crippen LogP contribution in [0.2, 0.25) is 0 Å². The van der Waals surface area contributed by atoms with Crippen molar-refractivity contribution in [3.05, 3.63) is 71.4 Å². The van der Waals surface area contributed by atoms with Crippen LogP contribution in [0.4, 0.5) is 0 Å². The van der Waals surface area contributed by atoms with Crippen molar-refractivity contribution in [2.75, 3.05) is 6.61 Å². The van der Waals surface area contributed by atoms with Gasteiger partial charge in [-0.05, 0) is 30.5 Å². The lowest BCUT2D eigenvalue weighted by atomic mass is 10.1. The molecule has 0 aliphatic carbocycles. The normalized spacial score (nSPS) is 11.1. The van der Waals surface area contributed by atoms with E-state index in [0.717, 1.165) is 28.5 Å². The van der Waals surface area contributed by atoms with Gasteiger partial charge in [0.25, 0.3) is 0 Å². The van der Waals surface area contributed by atoms with Gasteiger partial charge in [0.15, 0.2) is 0 Å². The van der Waals surface area contributed by atoms with Crippen LogP contribution in [0, 0.1) is 0 Å². The molecule has 0 aliphatic rings. The van der Waals surface area contributed by atoms with Crippen molar-refractivity contribution < 1.29 is 14.3 Å². The number of fused-ring (bicyclic) bond motifs is 1. The summed E-state index contributed by atoms with van der Waals surface area (Å²) < 4.78 is 6.86. The molecule has 0 radical (unpaired) electrons. The minimum atomic E-state index is -0.292. The van der Waals surface area contributed by atoms with Gasteiger partial charge in [0, 0.05) is 22.7 Å². The Morgan fingerprint density at radius 3 is 2.52 bits per heavy atom. The predicted molar refractivity (Wildman–Crippen MR) is 114 cm³/mol. The SMILES string of the molecule is CCOC(=O)Cn1cc(/C=N\NC(=O)Cc2ccc(CC)cc2)c2ccccc21. The Labute approximate surface area is 170 Å². The summed E-state index contributed by atoms with van der Waals surface area (Å²) in [6.45, 7) is 4.35. The smallest absolute Gasteiger partial charge is 0.325 e. The molecule has 1 aromatic heterocycles. The molecule has 3 aromatic rings. The third-order valence-electron chi connectivity index (χ3n) is 4.61. The summed E-state index contributed by atoms with van der Waals surface area (Å²) in [5.41, 5.74) is 6.48. The molecule has 0 saturated heterocycles. The van der Waals surface area contributed by atoms with Crippen molar-refractivity contribution in [1.29, 1.82) is 0 Å². The molecule has 0 atom stereocenters. The number of amides is 1. The summed E-state index contributed by atoms with van der Waals surface area (Å²) >= 11 is 0. The molecule has 2 aromatic carbocycles. The number of nitrogens with one attached hydrogen (secondary N) is 1. The van der Waals surface area contributed by atoms with Crippen molar-refractivity contribution in [1.82, 2.24) is 9.99 Å². The molecule has 29 heavy (non-hydrogen) atoms. The van der Waals surface area contributed by atoms with Crippen LogP contribution in [-0.2, 0) is 33.7 Å². The number of carbonyl (C=O) groups is 2. The van der Waals surface area contributed by atoms with E-state index in [9.17, 15) is 9.59 Å². The maximum Gasteiger partial charge on any atom is 0.325 e. The summed E-state index contributed by atoms with van der Waals surface area (Å²) in [6.07, 6.45) is 4.68. The number of aryl methyl sites for hydroxylation is 1. The van der Waals surface area contributed by atoms with Gasteiger partial charge >= 0.3 is 5.97 Å². The number of para-hydroxylation sites is 1. The fourth-order valence-corrected chi connectivity index (χ4v) is 3.15. The van der Waals surface area contributed by atoms with Crippen LogP contribution < -0.4 is 5.43 Å². The molecule has 3 rings (SSSR count). The van der Waals surface area contributed by atoms with Gasteiger partial charge in [-0.3, -0.25) is 9.59 Å². The van der Waals surface area contributed by atoms with Gasteiger partial charge < -0.3 is 9.30 Å². The fraction of sp³-hybridized carbons (Fsp3) is 0.261. The summed E-state index contributed by atoms with van der Waals surface area (Å²) in [7, 11) is 0. The number of hydrogen-bond donors (Lipinski definition) is 1. The van der Waals surface area contributed by atoms with Crippen LogP contribution in [0.15, 0.2) is 59.8 Å². The minimum absolute atomic E-state index is 0.127. The number of aromatic nitrogens is 1. The molecular formula is C23H25N3O3. The first kappa shape index (κ1) is 20.3. The highest BCUT2D eigenvalue weighted by atomic mass is 16.5. The Balaban J connectivity index is 1.68. The van der Waals surface area contributed by atoms with E-state index in [1.807, 2.05) is 59.3 Å². The molecule has 0 bridgehead atoms. The lowest BCUT2D eigenvalue weighted by Crippen LogP contribution is -2.19. The van der Waals surface area contributed by atoms with Crippen LogP contribution in [0.3, 0.4) is 0 Å². The van der Waals surface area contributed by atoms with E-state index in [0.29, 0.717) is 6.61 Å². The highest BCUT2D eigenvalue weighted by Gasteiger charge is 2.10. The zero-order chi connectivity index (χ0) is 20.6. The average molecular weight is 391 g/mol. The Morgan fingerprint density at radius 1 is 1.07 bits per heavy atom. The largest absolute Gasteiger partial charge is 0.465 e. The second-order valence-electron chi connectivity index (χ2n) is 6.67. The summed E-state index contributed by atoms with van der Waals surface area (Å²) in [4.78, 5) is 24.0. The van der Waals surface area contributed by atoms with Crippen molar-refractivity contribution in [2.45, 2.75) is 33.2 Å². The molecule has 0 fully saturated rings. The van der Waals surface area contributed by atoms with E-state index in [1.54, 1.807) is 13.1 Å². The quantitative estimate of drug-likeness (QED) is 0.363. The minimum Gasteiger partial charge on any atom is -0.465 e. The first-order valence-electron chi connectivity index (χ1n) is 9.74. The number of rotatable bonds is 8. The second kappa shape index (κ2) is 9.68. The first-order valence-corrected chi connectivity index (χ1v) is 9.74. The van der Waals surface area contributed by atoms with E-state index in [2.05, 4.69) is 17.5 Å². The van der Waals surface area contributed by atoms with Crippen LogP contribution in [0.5, 0.6) is 0 Å². The lowest BCUT2D eigenvalue weighted by Gasteiger charge is -2.04. The molecule has 0 spiro atoms. The number of benzene rings is 2. The fourth-order valence-electron chi connectivity index (χ4n) is 3.15. The van der Waals surface area contributed by atoms with Crippen LogP contribution in [0.1, 0.15) is 30.5 Å². The molecule has 6 nitrogen and oxygen atoms in total. The van der Waals surface area contributed by atoms with Gasteiger partial charge in [-0.25, -0.2) is 5.43 Å². The Kier molecular flexibility index (Phi) is 6.79. The van der Waals surface area contributed by atoms with Crippen molar-refractivity contribution in [2.24, 2.45) is 5.10 Å². The molecule has 150 valence electrons. The monoisotopic (exact) mass is 391 g/mol. The highest BCUT2D eigenvalue weighted by Crippen LogP contribution is 2.20. The summed E-state index contributed by atoms with van der Waals surface area (Å²) in [5.74, 6) is -0.472. The Hall–Kier alpha value is -3.41. The van der Waals surface area contributed by atoms with E-state index in [-0.39, 0.29) is 24.8 Å². The average Bonchev–Trinajstić information content (AvgIpc) is 3.06. The second-order valence-corrected chi connectivity index (χ2v) is 6.67. The number of carbonyl (C=O) groups excluding carboxylic acids is 2. The molecule has 0 unspecified atom stereocenters. The van der Waals surface area contributed by atoms with Crippen LogP contribution in [-0.4, -0.2) is 29.3 Å². The van der Waals surface area contributed by atoms with Crippen molar-refractivity contribution in [3.63, 3.8) is 0 Å². The lowest BCUT2D eigenvalue weighted by molar-refractivity contribution is -0.143. The molecule has 1 amide bonds. The maximum atomic E-state index is 12.2. The molecule has 6 heteroatoms. The van der Waals surface area contributed by atoms with E-state index in [4.69, 9.17) is 4.74 Å². The number of esters is 1. The van der Waals surface area contributed by atoms with E-state index in [1.165, 1.54) is 5.56 Å². The third-order valence-corrected chi connectivity index (χ3v) is 4.61. The molecule has 0 aliphatic heterocycles. The third kappa shape index (κ3) is 5.31. The van der Waals surface area contributed by atoms with Gasteiger partial charge in [-0.2, -0.15) is 5.10 Å². The zero-order valence-electron chi connectivity index (χ0n) is 16.7. The molecule has 1 N–H and O–H groups in total. The van der Waals surface area contributed by atoms with Gasteiger partial charge in [-0.15, -0.1) is 0 Å². The number of hydrazone groups is 1. The maximum absolute atomic E-state index is 12.2. The van der Waals surface area contributed by atoms with Crippen molar-refractivity contribution >= 4 is 29.0 Å². The Bertz CT molecular complexity index is 1020. The summed E-state index contributed by atoms with van der Waals surface area (Å²) in [6, 6.07) is 15.7. The van der Waals surface area contributed by atoms with E-state index >= 15 is 0 Å². The van der Waals surface area contributed by atoms with Crippen molar-refractivity contribution in [3.8, 4) is 0 Å².